The summed E-state index contributed by atoms with van der Waals surface area (Å²) < 4.78 is 11.1. The lowest BCUT2D eigenvalue weighted by Crippen LogP contribution is -2.30. The zero-order valence-electron chi connectivity index (χ0n) is 16.6. The number of ether oxygens (including phenoxy) is 2. The Morgan fingerprint density at radius 1 is 1.00 bits per heavy atom. The molecule has 5 heteroatoms. The average molecular weight is 386 g/mol. The largest absolute Gasteiger partial charge is 0.495 e. The van der Waals surface area contributed by atoms with Crippen LogP contribution in [0.1, 0.15) is 18.1 Å². The summed E-state index contributed by atoms with van der Waals surface area (Å²) in [6.07, 6.45) is -0.680. The third-order valence-electron chi connectivity index (χ3n) is 4.50. The van der Waals surface area contributed by atoms with Crippen molar-refractivity contribution in [2.75, 3.05) is 12.4 Å². The standard InChI is InChI=1S/C24H22N2O3/c1-16-4-13-23(28-3)22(14-16)26-24(27)17(2)29-21-11-9-20(10-12-21)19-7-5-18(15-25)6-8-19/h4-14,17H,1-3H3,(H,26,27). The van der Waals surface area contributed by atoms with E-state index in [1.807, 2.05) is 61.5 Å². The molecule has 1 amide bonds. The smallest absolute Gasteiger partial charge is 0.265 e. The van der Waals surface area contributed by atoms with Crippen molar-refractivity contribution < 1.29 is 14.3 Å². The van der Waals surface area contributed by atoms with E-state index in [9.17, 15) is 4.79 Å². The SMILES string of the molecule is COc1ccc(C)cc1NC(=O)C(C)Oc1ccc(-c2ccc(C#N)cc2)cc1. The molecule has 0 aromatic heterocycles. The van der Waals surface area contributed by atoms with Gasteiger partial charge in [0.05, 0.1) is 24.4 Å². The molecule has 3 aromatic carbocycles. The predicted octanol–water partition coefficient (Wildman–Crippen LogP) is 4.95. The Kier molecular flexibility index (Phi) is 6.16. The van der Waals surface area contributed by atoms with Crippen molar-refractivity contribution in [3.63, 3.8) is 0 Å². The molecule has 0 spiro atoms. The molecular formula is C24H22N2O3. The van der Waals surface area contributed by atoms with Crippen LogP contribution in [0.5, 0.6) is 11.5 Å². The number of hydrogen-bond donors (Lipinski definition) is 1. The first-order valence-corrected chi connectivity index (χ1v) is 9.23. The molecule has 0 bridgehead atoms. The molecule has 29 heavy (non-hydrogen) atoms. The first kappa shape index (κ1) is 20.0. The van der Waals surface area contributed by atoms with Crippen molar-refractivity contribution in [2.24, 2.45) is 0 Å². The molecule has 0 saturated heterocycles. The molecule has 0 aliphatic rings. The van der Waals surface area contributed by atoms with Gasteiger partial charge >= 0.3 is 0 Å². The van der Waals surface area contributed by atoms with E-state index < -0.39 is 6.10 Å². The Balaban J connectivity index is 1.65. The fourth-order valence-electron chi connectivity index (χ4n) is 2.87. The van der Waals surface area contributed by atoms with Crippen molar-refractivity contribution in [1.82, 2.24) is 0 Å². The fraction of sp³-hybridized carbons (Fsp3) is 0.167. The molecule has 0 heterocycles. The van der Waals surface area contributed by atoms with Crippen molar-refractivity contribution in [3.8, 4) is 28.7 Å². The monoisotopic (exact) mass is 386 g/mol. The number of nitriles is 1. The third kappa shape index (κ3) is 4.94. The molecule has 0 fully saturated rings. The molecule has 3 rings (SSSR count). The number of methoxy groups -OCH3 is 1. The zero-order chi connectivity index (χ0) is 20.8. The number of amides is 1. The lowest BCUT2D eigenvalue weighted by atomic mass is 10.0. The maximum absolute atomic E-state index is 12.5. The summed E-state index contributed by atoms with van der Waals surface area (Å²) in [5.74, 6) is 0.939. The molecule has 5 nitrogen and oxygen atoms in total. The number of hydrogen-bond acceptors (Lipinski definition) is 4. The lowest BCUT2D eigenvalue weighted by molar-refractivity contribution is -0.122. The van der Waals surface area contributed by atoms with Crippen molar-refractivity contribution >= 4 is 11.6 Å². The summed E-state index contributed by atoms with van der Waals surface area (Å²) in [5, 5.41) is 11.7. The van der Waals surface area contributed by atoms with E-state index in [2.05, 4.69) is 11.4 Å². The summed E-state index contributed by atoms with van der Waals surface area (Å²) in [4.78, 5) is 12.5. The van der Waals surface area contributed by atoms with E-state index in [4.69, 9.17) is 14.7 Å². The Labute approximate surface area is 170 Å². The van der Waals surface area contributed by atoms with Gasteiger partial charge in [-0.3, -0.25) is 4.79 Å². The van der Waals surface area contributed by atoms with Crippen LogP contribution >= 0.6 is 0 Å². The second-order valence-electron chi connectivity index (χ2n) is 6.67. The second-order valence-corrected chi connectivity index (χ2v) is 6.67. The summed E-state index contributed by atoms with van der Waals surface area (Å²) in [6, 6.07) is 22.6. The van der Waals surface area contributed by atoms with Crippen LogP contribution in [-0.2, 0) is 4.79 Å². The Bertz CT molecular complexity index is 1040. The van der Waals surface area contributed by atoms with Crippen LogP contribution in [0.4, 0.5) is 5.69 Å². The normalized spacial score (nSPS) is 11.2. The highest BCUT2D eigenvalue weighted by Gasteiger charge is 2.17. The molecule has 3 aromatic rings. The summed E-state index contributed by atoms with van der Waals surface area (Å²) in [7, 11) is 1.57. The number of benzene rings is 3. The van der Waals surface area contributed by atoms with Gasteiger partial charge in [-0.25, -0.2) is 0 Å². The van der Waals surface area contributed by atoms with Gasteiger partial charge in [-0.1, -0.05) is 30.3 Å². The van der Waals surface area contributed by atoms with Crippen LogP contribution in [0.3, 0.4) is 0 Å². The number of anilines is 1. The first-order valence-electron chi connectivity index (χ1n) is 9.23. The molecule has 0 aliphatic carbocycles. The van der Waals surface area contributed by atoms with E-state index in [1.54, 1.807) is 26.2 Å². The molecular weight excluding hydrogens is 364 g/mol. The predicted molar refractivity (Wildman–Crippen MR) is 113 cm³/mol. The quantitative estimate of drug-likeness (QED) is 0.651. The van der Waals surface area contributed by atoms with E-state index in [0.717, 1.165) is 16.7 Å². The number of carbonyl (C=O) groups excluding carboxylic acids is 1. The van der Waals surface area contributed by atoms with Gasteiger partial charge in [0.2, 0.25) is 0 Å². The minimum absolute atomic E-state index is 0.259. The highest BCUT2D eigenvalue weighted by molar-refractivity contribution is 5.95. The molecule has 0 saturated carbocycles. The minimum Gasteiger partial charge on any atom is -0.495 e. The zero-order valence-corrected chi connectivity index (χ0v) is 16.6. The molecule has 1 unspecified atom stereocenters. The van der Waals surface area contributed by atoms with Gasteiger partial charge in [0.15, 0.2) is 6.10 Å². The van der Waals surface area contributed by atoms with E-state index in [0.29, 0.717) is 22.7 Å². The molecule has 0 aliphatic heterocycles. The molecule has 1 N–H and O–H groups in total. The Morgan fingerprint density at radius 3 is 2.21 bits per heavy atom. The van der Waals surface area contributed by atoms with Gasteiger partial charge in [0, 0.05) is 0 Å². The molecule has 0 radical (unpaired) electrons. The summed E-state index contributed by atoms with van der Waals surface area (Å²) in [6.45, 7) is 3.65. The summed E-state index contributed by atoms with van der Waals surface area (Å²) >= 11 is 0. The molecule has 146 valence electrons. The second kappa shape index (κ2) is 8.94. The highest BCUT2D eigenvalue weighted by atomic mass is 16.5. The van der Waals surface area contributed by atoms with Gasteiger partial charge in [-0.05, 0) is 66.9 Å². The van der Waals surface area contributed by atoms with Crippen LogP contribution in [0.25, 0.3) is 11.1 Å². The highest BCUT2D eigenvalue weighted by Crippen LogP contribution is 2.26. The lowest BCUT2D eigenvalue weighted by Gasteiger charge is -2.17. The number of rotatable bonds is 6. The van der Waals surface area contributed by atoms with Gasteiger partial charge in [0.1, 0.15) is 11.5 Å². The van der Waals surface area contributed by atoms with Crippen LogP contribution in [0, 0.1) is 18.3 Å². The third-order valence-corrected chi connectivity index (χ3v) is 4.50. The topological polar surface area (TPSA) is 71.3 Å². The Hall–Kier alpha value is -3.78. The average Bonchev–Trinajstić information content (AvgIpc) is 2.74. The number of nitrogens with zero attached hydrogens (tertiary/aromatic N) is 1. The maximum Gasteiger partial charge on any atom is 0.265 e. The van der Waals surface area contributed by atoms with Crippen LogP contribution < -0.4 is 14.8 Å². The van der Waals surface area contributed by atoms with E-state index >= 15 is 0 Å². The fourth-order valence-corrected chi connectivity index (χ4v) is 2.87. The maximum atomic E-state index is 12.5. The van der Waals surface area contributed by atoms with Gasteiger partial charge < -0.3 is 14.8 Å². The first-order chi connectivity index (χ1) is 14.0. The number of carbonyl (C=O) groups is 1. The summed E-state index contributed by atoms with van der Waals surface area (Å²) in [5.41, 5.74) is 4.27. The number of aryl methyl sites for hydroxylation is 1. The van der Waals surface area contributed by atoms with Crippen molar-refractivity contribution in [3.05, 3.63) is 77.9 Å². The van der Waals surface area contributed by atoms with Crippen molar-refractivity contribution in [1.29, 1.82) is 5.26 Å². The van der Waals surface area contributed by atoms with Gasteiger partial charge in [0.25, 0.3) is 5.91 Å². The minimum atomic E-state index is -0.680. The number of nitrogens with one attached hydrogen (secondary N) is 1. The van der Waals surface area contributed by atoms with Gasteiger partial charge in [-0.2, -0.15) is 5.26 Å². The Morgan fingerprint density at radius 2 is 1.62 bits per heavy atom. The van der Waals surface area contributed by atoms with Gasteiger partial charge in [-0.15, -0.1) is 0 Å². The van der Waals surface area contributed by atoms with Crippen LogP contribution in [-0.4, -0.2) is 19.1 Å². The van der Waals surface area contributed by atoms with Crippen LogP contribution in [0.2, 0.25) is 0 Å². The van der Waals surface area contributed by atoms with Crippen LogP contribution in [0.15, 0.2) is 66.7 Å². The van der Waals surface area contributed by atoms with Crippen molar-refractivity contribution in [2.45, 2.75) is 20.0 Å². The van der Waals surface area contributed by atoms with E-state index in [-0.39, 0.29) is 5.91 Å². The molecule has 1 atom stereocenters. The van der Waals surface area contributed by atoms with E-state index in [1.165, 1.54) is 0 Å².